The first-order valence-electron chi connectivity index (χ1n) is 6.73. The highest BCUT2D eigenvalue weighted by molar-refractivity contribution is 7.89. The van der Waals surface area contributed by atoms with Crippen LogP contribution in [0.3, 0.4) is 0 Å². The van der Waals surface area contributed by atoms with Crippen LogP contribution < -0.4 is 10.5 Å². The van der Waals surface area contributed by atoms with E-state index in [1.165, 1.54) is 6.07 Å². The van der Waals surface area contributed by atoms with Crippen molar-refractivity contribution in [3.63, 3.8) is 0 Å². The molecule has 20 heavy (non-hydrogen) atoms. The summed E-state index contributed by atoms with van der Waals surface area (Å²) in [6.07, 6.45) is 0.737. The Balaban J connectivity index is 3.09. The normalized spacial score (nSPS) is 13.5. The third-order valence-corrected chi connectivity index (χ3v) is 4.72. The van der Waals surface area contributed by atoms with Crippen LogP contribution in [0.5, 0.6) is 0 Å². The van der Waals surface area contributed by atoms with Crippen molar-refractivity contribution in [2.75, 3.05) is 5.73 Å². The van der Waals surface area contributed by atoms with Crippen molar-refractivity contribution >= 4 is 15.7 Å². The first-order valence-corrected chi connectivity index (χ1v) is 8.21. The molecule has 0 radical (unpaired) electrons. The van der Waals surface area contributed by atoms with E-state index in [0.29, 0.717) is 11.3 Å². The van der Waals surface area contributed by atoms with Crippen molar-refractivity contribution in [1.29, 1.82) is 0 Å². The molecule has 0 saturated carbocycles. The molecule has 0 saturated heterocycles. The van der Waals surface area contributed by atoms with Crippen molar-refractivity contribution in [2.24, 2.45) is 5.41 Å². The lowest BCUT2D eigenvalue weighted by atomic mass is 9.82. The topological polar surface area (TPSA) is 72.2 Å². The van der Waals surface area contributed by atoms with Gasteiger partial charge >= 0.3 is 0 Å². The average molecular weight is 298 g/mol. The molecule has 0 aromatic heterocycles. The quantitative estimate of drug-likeness (QED) is 0.839. The summed E-state index contributed by atoms with van der Waals surface area (Å²) >= 11 is 0. The molecule has 0 atom stereocenters. The number of aryl methyl sites for hydroxylation is 1. The number of hydrogen-bond acceptors (Lipinski definition) is 3. The van der Waals surface area contributed by atoms with E-state index in [9.17, 15) is 8.42 Å². The molecular weight excluding hydrogens is 272 g/mol. The van der Waals surface area contributed by atoms with Crippen molar-refractivity contribution in [3.05, 3.63) is 23.8 Å². The number of nitrogen functional groups attached to an aromatic ring is 1. The van der Waals surface area contributed by atoms with Crippen LogP contribution >= 0.6 is 0 Å². The Hall–Kier alpha value is -1.07. The van der Waals surface area contributed by atoms with E-state index in [2.05, 4.69) is 25.5 Å². The second-order valence-electron chi connectivity index (χ2n) is 7.25. The van der Waals surface area contributed by atoms with Crippen molar-refractivity contribution < 1.29 is 8.42 Å². The summed E-state index contributed by atoms with van der Waals surface area (Å²) in [5.74, 6) is 0. The number of hydrogen-bond donors (Lipinski definition) is 2. The average Bonchev–Trinajstić information content (AvgIpc) is 2.15. The number of sulfonamides is 1. The number of nitrogens with two attached hydrogens (primary N) is 1. The molecule has 5 heteroatoms. The molecule has 0 aliphatic carbocycles. The highest BCUT2D eigenvalue weighted by atomic mass is 32.2. The lowest BCUT2D eigenvalue weighted by Crippen LogP contribution is -2.45. The van der Waals surface area contributed by atoms with Crippen LogP contribution in [-0.2, 0) is 10.0 Å². The maximum absolute atomic E-state index is 12.5. The largest absolute Gasteiger partial charge is 0.399 e. The van der Waals surface area contributed by atoms with Crippen LogP contribution in [-0.4, -0.2) is 14.0 Å². The Labute approximate surface area is 122 Å². The van der Waals surface area contributed by atoms with Crippen LogP contribution in [0.1, 0.15) is 46.6 Å². The standard InChI is InChI=1S/C15H26N2O2S/c1-11-7-8-12(16)9-13(11)20(18,19)17-15(5,6)10-14(2,3)4/h7-9,17H,10,16H2,1-6H3. The maximum Gasteiger partial charge on any atom is 0.241 e. The first kappa shape index (κ1) is 17.0. The monoisotopic (exact) mass is 298 g/mol. The van der Waals surface area contributed by atoms with Crippen LogP contribution in [0, 0.1) is 12.3 Å². The van der Waals surface area contributed by atoms with Crippen LogP contribution in [0.2, 0.25) is 0 Å². The Morgan fingerprint density at radius 1 is 1.15 bits per heavy atom. The van der Waals surface area contributed by atoms with Gasteiger partial charge in [-0.15, -0.1) is 0 Å². The van der Waals surface area contributed by atoms with Crippen LogP contribution in [0.25, 0.3) is 0 Å². The fourth-order valence-electron chi connectivity index (χ4n) is 2.69. The van der Waals surface area contributed by atoms with E-state index in [-0.39, 0.29) is 10.3 Å². The predicted molar refractivity (Wildman–Crippen MR) is 84.1 cm³/mol. The number of rotatable bonds is 4. The SMILES string of the molecule is Cc1ccc(N)cc1S(=O)(=O)NC(C)(C)CC(C)(C)C. The summed E-state index contributed by atoms with van der Waals surface area (Å²) in [6, 6.07) is 4.93. The Bertz CT molecular complexity index is 584. The van der Waals surface area contributed by atoms with E-state index < -0.39 is 15.6 Å². The van der Waals surface area contributed by atoms with Gasteiger partial charge in [0.15, 0.2) is 0 Å². The van der Waals surface area contributed by atoms with E-state index >= 15 is 0 Å². The fraction of sp³-hybridized carbons (Fsp3) is 0.600. The Kier molecular flexibility index (Phi) is 4.56. The van der Waals surface area contributed by atoms with E-state index in [0.717, 1.165) is 6.42 Å². The summed E-state index contributed by atoms with van der Waals surface area (Å²) in [5, 5.41) is 0. The fourth-order valence-corrected chi connectivity index (χ4v) is 4.38. The van der Waals surface area contributed by atoms with Gasteiger partial charge in [-0.2, -0.15) is 0 Å². The predicted octanol–water partition coefficient (Wildman–Crippen LogP) is 3.07. The second-order valence-corrected chi connectivity index (χ2v) is 8.90. The van der Waals surface area contributed by atoms with Gasteiger partial charge in [-0.1, -0.05) is 26.8 Å². The van der Waals surface area contributed by atoms with Gasteiger partial charge in [-0.25, -0.2) is 13.1 Å². The minimum absolute atomic E-state index is 0.0385. The molecule has 0 bridgehead atoms. The van der Waals surface area contributed by atoms with Gasteiger partial charge in [0, 0.05) is 11.2 Å². The summed E-state index contributed by atoms with van der Waals surface area (Å²) in [5.41, 5.74) is 6.36. The zero-order valence-corrected chi connectivity index (χ0v) is 14.1. The molecule has 1 aromatic rings. The molecule has 0 unspecified atom stereocenters. The molecule has 0 aliphatic rings. The van der Waals surface area contributed by atoms with Gasteiger partial charge in [-0.05, 0) is 50.3 Å². The maximum atomic E-state index is 12.5. The van der Waals surface area contributed by atoms with Gasteiger partial charge in [0.1, 0.15) is 0 Å². The minimum atomic E-state index is -3.57. The second kappa shape index (κ2) is 5.37. The minimum Gasteiger partial charge on any atom is -0.399 e. The first-order chi connectivity index (χ1) is 8.82. The molecule has 3 N–H and O–H groups in total. The summed E-state index contributed by atoms with van der Waals surface area (Å²) in [4.78, 5) is 0.250. The summed E-state index contributed by atoms with van der Waals surface area (Å²) < 4.78 is 27.9. The number of benzene rings is 1. The van der Waals surface area contributed by atoms with Gasteiger partial charge in [0.2, 0.25) is 10.0 Å². The highest BCUT2D eigenvalue weighted by Crippen LogP contribution is 2.29. The molecular formula is C15H26N2O2S. The summed E-state index contributed by atoms with van der Waals surface area (Å²) in [6.45, 7) is 11.8. The van der Waals surface area contributed by atoms with Crippen molar-refractivity contribution in [3.8, 4) is 0 Å². The molecule has 0 amide bonds. The van der Waals surface area contributed by atoms with Crippen molar-refractivity contribution in [2.45, 2.75) is 58.4 Å². The van der Waals surface area contributed by atoms with Gasteiger partial charge in [-0.3, -0.25) is 0 Å². The zero-order chi connectivity index (χ0) is 15.8. The molecule has 0 fully saturated rings. The van der Waals surface area contributed by atoms with Gasteiger partial charge < -0.3 is 5.73 Å². The molecule has 1 aromatic carbocycles. The van der Waals surface area contributed by atoms with Crippen molar-refractivity contribution in [1.82, 2.24) is 4.72 Å². The summed E-state index contributed by atoms with van der Waals surface area (Å²) in [7, 11) is -3.57. The molecule has 4 nitrogen and oxygen atoms in total. The molecule has 114 valence electrons. The highest BCUT2D eigenvalue weighted by Gasteiger charge is 2.31. The smallest absolute Gasteiger partial charge is 0.241 e. The zero-order valence-electron chi connectivity index (χ0n) is 13.2. The molecule has 0 heterocycles. The number of anilines is 1. The Morgan fingerprint density at radius 2 is 1.70 bits per heavy atom. The van der Waals surface area contributed by atoms with E-state index in [1.54, 1.807) is 19.1 Å². The van der Waals surface area contributed by atoms with Gasteiger partial charge in [0.05, 0.1) is 4.90 Å². The third kappa shape index (κ3) is 4.80. The Morgan fingerprint density at radius 3 is 2.20 bits per heavy atom. The van der Waals surface area contributed by atoms with E-state index in [1.807, 2.05) is 13.8 Å². The molecule has 0 spiro atoms. The number of nitrogens with one attached hydrogen (secondary N) is 1. The third-order valence-electron chi connectivity index (χ3n) is 2.88. The molecule has 0 aliphatic heterocycles. The lowest BCUT2D eigenvalue weighted by Gasteiger charge is -2.33. The van der Waals surface area contributed by atoms with Crippen LogP contribution in [0.15, 0.2) is 23.1 Å². The lowest BCUT2D eigenvalue weighted by molar-refractivity contribution is 0.269. The molecule has 1 rings (SSSR count). The van der Waals surface area contributed by atoms with Crippen LogP contribution in [0.4, 0.5) is 5.69 Å². The van der Waals surface area contributed by atoms with Gasteiger partial charge in [0.25, 0.3) is 0 Å². The van der Waals surface area contributed by atoms with E-state index in [4.69, 9.17) is 5.73 Å².